The Kier molecular flexibility index (Phi) is 5.64. The van der Waals surface area contributed by atoms with Crippen LogP contribution in [0.1, 0.15) is 29.8 Å². The molecule has 2 aromatic rings. The van der Waals surface area contributed by atoms with Crippen molar-refractivity contribution in [2.45, 2.75) is 26.2 Å². The number of hydrogen-bond donors (Lipinski definition) is 0. The third-order valence-corrected chi connectivity index (χ3v) is 4.32. The summed E-state index contributed by atoms with van der Waals surface area (Å²) in [5, 5.41) is 0. The van der Waals surface area contributed by atoms with Gasteiger partial charge in [-0.3, -0.25) is 4.79 Å². The van der Waals surface area contributed by atoms with Gasteiger partial charge >= 0.3 is 0 Å². The largest absolute Gasteiger partial charge is 0.342 e. The summed E-state index contributed by atoms with van der Waals surface area (Å²) >= 11 is 0. The first kappa shape index (κ1) is 17.0. The Hall–Kier alpha value is -2.86. The van der Waals surface area contributed by atoms with Gasteiger partial charge in [-0.2, -0.15) is 0 Å². The lowest BCUT2D eigenvalue weighted by molar-refractivity contribution is -0.130. The molecular weight excluding hydrogens is 308 g/mol. The van der Waals surface area contributed by atoms with Gasteiger partial charge < -0.3 is 4.90 Å². The number of hydrogen-bond acceptors (Lipinski definition) is 2. The minimum atomic E-state index is 0.209. The molecule has 0 bridgehead atoms. The van der Waals surface area contributed by atoms with Crippen molar-refractivity contribution >= 4 is 5.91 Å². The van der Waals surface area contributed by atoms with Gasteiger partial charge in [0, 0.05) is 18.8 Å². The molecular formula is C22H22N2O. The lowest BCUT2D eigenvalue weighted by atomic mass is 10.0. The number of amides is 1. The summed E-state index contributed by atoms with van der Waals surface area (Å²) in [6, 6.07) is 15.8. The van der Waals surface area contributed by atoms with Gasteiger partial charge in [0.1, 0.15) is 5.69 Å². The number of carbonyl (C=O) groups excluding carboxylic acids is 1. The molecule has 1 aromatic heterocycles. The first-order chi connectivity index (χ1) is 12.2. The van der Waals surface area contributed by atoms with Crippen LogP contribution in [0.4, 0.5) is 0 Å². The minimum Gasteiger partial charge on any atom is -0.342 e. The molecule has 0 unspecified atom stereocenters. The van der Waals surface area contributed by atoms with E-state index in [0.717, 1.165) is 42.9 Å². The van der Waals surface area contributed by atoms with Crippen LogP contribution in [0.3, 0.4) is 0 Å². The van der Waals surface area contributed by atoms with Crippen molar-refractivity contribution in [3.05, 3.63) is 77.1 Å². The van der Waals surface area contributed by atoms with Crippen LogP contribution in [0.15, 0.2) is 60.2 Å². The van der Waals surface area contributed by atoms with Crippen LogP contribution in [-0.4, -0.2) is 28.9 Å². The lowest BCUT2D eigenvalue weighted by Gasteiger charge is -2.28. The number of piperidine rings is 1. The summed E-state index contributed by atoms with van der Waals surface area (Å²) < 4.78 is 0. The standard InChI is InChI=1S/C22H22N2O/c1-18-7-5-11-21(23-18)12-6-10-19-13-15-24(16-14-19)22(25)17-20-8-3-2-4-9-20/h2-5,7-11H,13-17H2,1H3. The number of aryl methyl sites for hydroxylation is 1. The zero-order valence-electron chi connectivity index (χ0n) is 14.5. The van der Waals surface area contributed by atoms with Crippen LogP contribution in [0.2, 0.25) is 0 Å². The number of likely N-dealkylation sites (tertiary alicyclic amines) is 1. The second kappa shape index (κ2) is 8.30. The highest BCUT2D eigenvalue weighted by Gasteiger charge is 2.18. The number of carbonyl (C=O) groups is 1. The van der Waals surface area contributed by atoms with E-state index in [4.69, 9.17) is 0 Å². The predicted molar refractivity (Wildman–Crippen MR) is 99.9 cm³/mol. The summed E-state index contributed by atoms with van der Waals surface area (Å²) in [5.41, 5.74) is 4.16. The molecule has 3 heteroatoms. The Morgan fingerprint density at radius 3 is 2.60 bits per heavy atom. The molecule has 0 spiro atoms. The normalized spacial score (nSPS) is 13.8. The van der Waals surface area contributed by atoms with Crippen molar-refractivity contribution in [2.24, 2.45) is 0 Å². The summed E-state index contributed by atoms with van der Waals surface area (Å²) in [6.07, 6.45) is 4.27. The van der Waals surface area contributed by atoms with E-state index in [1.165, 1.54) is 5.57 Å². The number of pyridine rings is 1. The summed E-state index contributed by atoms with van der Waals surface area (Å²) in [6.45, 7) is 3.52. The molecule has 1 saturated heterocycles. The van der Waals surface area contributed by atoms with Crippen LogP contribution in [0.5, 0.6) is 0 Å². The third-order valence-electron chi connectivity index (χ3n) is 4.32. The van der Waals surface area contributed by atoms with Gasteiger partial charge in [0.2, 0.25) is 5.91 Å². The molecule has 1 aliphatic heterocycles. The number of rotatable bonds is 2. The summed E-state index contributed by atoms with van der Waals surface area (Å²) in [4.78, 5) is 18.7. The van der Waals surface area contributed by atoms with Gasteiger partial charge in [-0.05, 0) is 49.5 Å². The minimum absolute atomic E-state index is 0.209. The van der Waals surface area contributed by atoms with Crippen molar-refractivity contribution in [1.29, 1.82) is 0 Å². The number of benzene rings is 1. The van der Waals surface area contributed by atoms with E-state index in [1.54, 1.807) is 0 Å². The van der Waals surface area contributed by atoms with Gasteiger partial charge in [0.25, 0.3) is 0 Å². The Morgan fingerprint density at radius 2 is 1.88 bits per heavy atom. The molecule has 25 heavy (non-hydrogen) atoms. The topological polar surface area (TPSA) is 33.2 Å². The van der Waals surface area contributed by atoms with E-state index in [9.17, 15) is 4.79 Å². The average molecular weight is 330 g/mol. The Morgan fingerprint density at radius 1 is 1.12 bits per heavy atom. The van der Waals surface area contributed by atoms with Crippen molar-refractivity contribution in [1.82, 2.24) is 9.88 Å². The summed E-state index contributed by atoms with van der Waals surface area (Å²) in [5.74, 6) is 6.39. The predicted octanol–water partition coefficient (Wildman–Crippen LogP) is 3.53. The van der Waals surface area contributed by atoms with Crippen molar-refractivity contribution < 1.29 is 4.79 Å². The zero-order valence-corrected chi connectivity index (χ0v) is 14.5. The molecule has 1 aromatic carbocycles. The van der Waals surface area contributed by atoms with Crippen LogP contribution in [0, 0.1) is 18.8 Å². The van der Waals surface area contributed by atoms with Crippen LogP contribution >= 0.6 is 0 Å². The molecule has 3 nitrogen and oxygen atoms in total. The van der Waals surface area contributed by atoms with Gasteiger partial charge in [-0.25, -0.2) is 4.98 Å². The van der Waals surface area contributed by atoms with Crippen LogP contribution in [0.25, 0.3) is 0 Å². The maximum absolute atomic E-state index is 12.4. The quantitative estimate of drug-likeness (QED) is 0.789. The number of nitrogens with zero attached hydrogens (tertiary/aromatic N) is 2. The van der Waals surface area contributed by atoms with Crippen molar-refractivity contribution in [3.63, 3.8) is 0 Å². The van der Waals surface area contributed by atoms with Crippen molar-refractivity contribution in [2.75, 3.05) is 13.1 Å². The monoisotopic (exact) mass is 330 g/mol. The first-order valence-corrected chi connectivity index (χ1v) is 8.65. The van der Waals surface area contributed by atoms with Gasteiger partial charge in [0.05, 0.1) is 6.42 Å². The van der Waals surface area contributed by atoms with E-state index in [2.05, 4.69) is 16.8 Å². The van der Waals surface area contributed by atoms with Gasteiger partial charge in [-0.1, -0.05) is 47.9 Å². The number of allylic oxidation sites excluding steroid dienone is 1. The second-order valence-corrected chi connectivity index (χ2v) is 6.28. The molecule has 0 N–H and O–H groups in total. The van der Waals surface area contributed by atoms with E-state index < -0.39 is 0 Å². The molecule has 1 aliphatic rings. The average Bonchev–Trinajstić information content (AvgIpc) is 2.63. The Balaban J connectivity index is 1.52. The maximum atomic E-state index is 12.4. The first-order valence-electron chi connectivity index (χ1n) is 8.65. The SMILES string of the molecule is Cc1cccc(C#CC=C2CCN(C(=O)Cc3ccccc3)CC2)n1. The highest BCUT2D eigenvalue weighted by molar-refractivity contribution is 5.79. The third kappa shape index (κ3) is 5.06. The van der Waals surface area contributed by atoms with Crippen molar-refractivity contribution in [3.8, 4) is 11.8 Å². The molecule has 0 radical (unpaired) electrons. The summed E-state index contributed by atoms with van der Waals surface area (Å²) in [7, 11) is 0. The molecule has 1 amide bonds. The van der Waals surface area contributed by atoms with Crippen LogP contribution in [-0.2, 0) is 11.2 Å². The lowest BCUT2D eigenvalue weighted by Crippen LogP contribution is -2.37. The molecule has 126 valence electrons. The zero-order chi connectivity index (χ0) is 17.5. The molecule has 0 atom stereocenters. The fourth-order valence-corrected chi connectivity index (χ4v) is 2.89. The molecule has 2 heterocycles. The van der Waals surface area contributed by atoms with E-state index in [1.807, 2.05) is 66.4 Å². The highest BCUT2D eigenvalue weighted by atomic mass is 16.2. The number of aromatic nitrogens is 1. The molecule has 0 aliphatic carbocycles. The molecule has 1 fully saturated rings. The maximum Gasteiger partial charge on any atom is 0.227 e. The van der Waals surface area contributed by atoms with E-state index in [-0.39, 0.29) is 5.91 Å². The van der Waals surface area contributed by atoms with E-state index >= 15 is 0 Å². The smallest absolute Gasteiger partial charge is 0.227 e. The second-order valence-electron chi connectivity index (χ2n) is 6.28. The fourth-order valence-electron chi connectivity index (χ4n) is 2.89. The van der Waals surface area contributed by atoms with Crippen LogP contribution < -0.4 is 0 Å². The molecule has 0 saturated carbocycles. The Bertz CT molecular complexity index is 818. The van der Waals surface area contributed by atoms with E-state index in [0.29, 0.717) is 6.42 Å². The molecule has 3 rings (SSSR count). The van der Waals surface area contributed by atoms with Gasteiger partial charge in [0.15, 0.2) is 0 Å². The Labute approximate surface area is 149 Å². The highest BCUT2D eigenvalue weighted by Crippen LogP contribution is 2.17. The van der Waals surface area contributed by atoms with Gasteiger partial charge in [-0.15, -0.1) is 0 Å². The fraction of sp³-hybridized carbons (Fsp3) is 0.273.